The summed E-state index contributed by atoms with van der Waals surface area (Å²) >= 11 is 0. The summed E-state index contributed by atoms with van der Waals surface area (Å²) in [6.45, 7) is 2.49. The molecule has 6 nitrogen and oxygen atoms in total. The van der Waals surface area contributed by atoms with Gasteiger partial charge in [-0.1, -0.05) is 0 Å². The molecule has 120 valence electrons. The highest BCUT2D eigenvalue weighted by molar-refractivity contribution is 7.89. The van der Waals surface area contributed by atoms with Crippen LogP contribution in [0.25, 0.3) is 0 Å². The average molecular weight is 325 g/mol. The third kappa shape index (κ3) is 2.48. The van der Waals surface area contributed by atoms with Gasteiger partial charge in [-0.3, -0.25) is 4.79 Å². The summed E-state index contributed by atoms with van der Waals surface area (Å²) in [6.07, 6.45) is 2.00. The van der Waals surface area contributed by atoms with Crippen molar-refractivity contribution in [3.8, 4) is 5.75 Å². The number of aryl methyl sites for hydroxylation is 1. The Kier molecular flexibility index (Phi) is 3.65. The molecule has 22 heavy (non-hydrogen) atoms. The number of carbonyl (C=O) groups is 1. The maximum absolute atomic E-state index is 12.7. The summed E-state index contributed by atoms with van der Waals surface area (Å²) in [6, 6.07) is 4.88. The fourth-order valence-electron chi connectivity index (χ4n) is 2.94. The van der Waals surface area contributed by atoms with E-state index < -0.39 is 21.4 Å². The van der Waals surface area contributed by atoms with E-state index in [1.807, 2.05) is 0 Å². The SMILES string of the molecule is CC1(C(=O)O)CCN(S(=O)(=O)c2ccc3c(c2)CCCO3)C1. The molecule has 7 heteroatoms. The summed E-state index contributed by atoms with van der Waals surface area (Å²) in [7, 11) is -3.66. The van der Waals surface area contributed by atoms with Crippen molar-refractivity contribution in [3.05, 3.63) is 23.8 Å². The molecule has 1 aromatic rings. The van der Waals surface area contributed by atoms with Crippen LogP contribution in [0.3, 0.4) is 0 Å². The Labute approximate surface area is 129 Å². The molecule has 0 radical (unpaired) electrons. The normalized spacial score (nSPS) is 25.5. The molecule has 3 rings (SSSR count). The Balaban J connectivity index is 1.89. The van der Waals surface area contributed by atoms with Gasteiger partial charge < -0.3 is 9.84 Å². The molecule has 0 bridgehead atoms. The van der Waals surface area contributed by atoms with Crippen LogP contribution < -0.4 is 4.74 Å². The second-order valence-corrected chi connectivity index (χ2v) is 8.11. The summed E-state index contributed by atoms with van der Waals surface area (Å²) in [5.74, 6) is -0.217. The minimum atomic E-state index is -3.66. The van der Waals surface area contributed by atoms with Crippen LogP contribution in [0.5, 0.6) is 5.75 Å². The first-order valence-corrected chi connectivity index (χ1v) is 8.76. The summed E-state index contributed by atoms with van der Waals surface area (Å²) in [5, 5.41) is 9.25. The minimum absolute atomic E-state index is 0.0122. The first kappa shape index (κ1) is 15.3. The zero-order valence-corrected chi connectivity index (χ0v) is 13.2. The van der Waals surface area contributed by atoms with Gasteiger partial charge in [0.25, 0.3) is 0 Å². The number of ether oxygens (including phenoxy) is 1. The summed E-state index contributed by atoms with van der Waals surface area (Å²) in [4.78, 5) is 11.5. The molecular formula is C15H19NO5S. The number of aliphatic carboxylic acids is 1. The zero-order valence-electron chi connectivity index (χ0n) is 12.4. The molecule has 1 fully saturated rings. The van der Waals surface area contributed by atoms with Gasteiger partial charge in [-0.05, 0) is 49.9 Å². The predicted octanol–water partition coefficient (Wildman–Crippen LogP) is 1.50. The van der Waals surface area contributed by atoms with Crippen LogP contribution in [0.2, 0.25) is 0 Å². The second-order valence-electron chi connectivity index (χ2n) is 6.18. The number of hydrogen-bond donors (Lipinski definition) is 1. The van der Waals surface area contributed by atoms with E-state index in [2.05, 4.69) is 0 Å². The predicted molar refractivity (Wildman–Crippen MR) is 79.4 cm³/mol. The molecule has 1 N–H and O–H groups in total. The monoisotopic (exact) mass is 325 g/mol. The van der Waals surface area contributed by atoms with Gasteiger partial charge in [0.1, 0.15) is 5.75 Å². The van der Waals surface area contributed by atoms with E-state index in [0.29, 0.717) is 13.0 Å². The number of hydrogen-bond acceptors (Lipinski definition) is 4. The van der Waals surface area contributed by atoms with Crippen molar-refractivity contribution in [2.75, 3.05) is 19.7 Å². The van der Waals surface area contributed by atoms with Gasteiger partial charge in [-0.15, -0.1) is 0 Å². The minimum Gasteiger partial charge on any atom is -0.493 e. The molecule has 1 aromatic carbocycles. The molecule has 0 amide bonds. The van der Waals surface area contributed by atoms with Gasteiger partial charge in [0.2, 0.25) is 10.0 Å². The quantitative estimate of drug-likeness (QED) is 0.910. The lowest BCUT2D eigenvalue weighted by Gasteiger charge is -2.22. The van der Waals surface area contributed by atoms with Crippen molar-refractivity contribution in [2.45, 2.75) is 31.1 Å². The van der Waals surface area contributed by atoms with Gasteiger partial charge in [0, 0.05) is 13.1 Å². The molecular weight excluding hydrogens is 306 g/mol. The van der Waals surface area contributed by atoms with E-state index in [0.717, 1.165) is 24.2 Å². The van der Waals surface area contributed by atoms with Crippen molar-refractivity contribution in [2.24, 2.45) is 5.41 Å². The molecule has 0 aliphatic carbocycles. The van der Waals surface area contributed by atoms with E-state index in [1.54, 1.807) is 19.1 Å². The molecule has 1 saturated heterocycles. The summed E-state index contributed by atoms with van der Waals surface area (Å²) in [5.41, 5.74) is -0.114. The number of benzene rings is 1. The van der Waals surface area contributed by atoms with Crippen LogP contribution in [-0.4, -0.2) is 43.5 Å². The smallest absolute Gasteiger partial charge is 0.310 e. The number of sulfonamides is 1. The number of rotatable bonds is 3. The lowest BCUT2D eigenvalue weighted by molar-refractivity contribution is -0.146. The second kappa shape index (κ2) is 5.24. The average Bonchev–Trinajstić information content (AvgIpc) is 2.91. The van der Waals surface area contributed by atoms with Gasteiger partial charge in [-0.2, -0.15) is 4.31 Å². The maximum atomic E-state index is 12.7. The first-order valence-electron chi connectivity index (χ1n) is 7.32. The number of carboxylic acids is 1. The zero-order chi connectivity index (χ0) is 16.0. The molecule has 2 aliphatic rings. The van der Waals surface area contributed by atoms with E-state index in [-0.39, 0.29) is 18.0 Å². The van der Waals surface area contributed by atoms with Crippen LogP contribution in [0.15, 0.2) is 23.1 Å². The fraction of sp³-hybridized carbons (Fsp3) is 0.533. The van der Waals surface area contributed by atoms with Crippen molar-refractivity contribution in [3.63, 3.8) is 0 Å². The lowest BCUT2D eigenvalue weighted by Crippen LogP contribution is -2.35. The van der Waals surface area contributed by atoms with Gasteiger partial charge in [0.15, 0.2) is 0 Å². The largest absolute Gasteiger partial charge is 0.493 e. The van der Waals surface area contributed by atoms with Crippen LogP contribution in [0.1, 0.15) is 25.3 Å². The van der Waals surface area contributed by atoms with Crippen LogP contribution in [0.4, 0.5) is 0 Å². The number of fused-ring (bicyclic) bond motifs is 1. The van der Waals surface area contributed by atoms with Crippen molar-refractivity contribution in [1.29, 1.82) is 0 Å². The molecule has 2 aliphatic heterocycles. The standard InChI is InChI=1S/C15H19NO5S/c1-15(14(17)18)6-7-16(10-15)22(19,20)12-4-5-13-11(9-12)3-2-8-21-13/h4-5,9H,2-3,6-8,10H2,1H3,(H,17,18). The molecule has 1 unspecified atom stereocenters. The Morgan fingerprint density at radius 1 is 1.41 bits per heavy atom. The molecule has 0 spiro atoms. The van der Waals surface area contributed by atoms with Crippen molar-refractivity contribution >= 4 is 16.0 Å². The topological polar surface area (TPSA) is 83.9 Å². The maximum Gasteiger partial charge on any atom is 0.310 e. The highest BCUT2D eigenvalue weighted by Gasteiger charge is 2.45. The molecule has 0 saturated carbocycles. The van der Waals surface area contributed by atoms with Crippen molar-refractivity contribution in [1.82, 2.24) is 4.31 Å². The van der Waals surface area contributed by atoms with Gasteiger partial charge in [0.05, 0.1) is 16.9 Å². The molecule has 2 heterocycles. The number of carboxylic acid groups (broad SMARTS) is 1. The van der Waals surface area contributed by atoms with Crippen LogP contribution >= 0.6 is 0 Å². The first-order chi connectivity index (χ1) is 10.3. The van der Waals surface area contributed by atoms with Crippen molar-refractivity contribution < 1.29 is 23.1 Å². The Bertz CT molecular complexity index is 715. The van der Waals surface area contributed by atoms with E-state index >= 15 is 0 Å². The lowest BCUT2D eigenvalue weighted by atomic mass is 9.90. The van der Waals surface area contributed by atoms with Gasteiger partial charge >= 0.3 is 5.97 Å². The summed E-state index contributed by atoms with van der Waals surface area (Å²) < 4.78 is 32.2. The number of nitrogens with zero attached hydrogens (tertiary/aromatic N) is 1. The van der Waals surface area contributed by atoms with E-state index in [9.17, 15) is 18.3 Å². The Hall–Kier alpha value is -1.60. The Morgan fingerprint density at radius 3 is 2.86 bits per heavy atom. The Morgan fingerprint density at radius 2 is 2.18 bits per heavy atom. The highest BCUT2D eigenvalue weighted by atomic mass is 32.2. The third-order valence-electron chi connectivity index (χ3n) is 4.47. The highest BCUT2D eigenvalue weighted by Crippen LogP contribution is 2.35. The fourth-order valence-corrected chi connectivity index (χ4v) is 4.56. The van der Waals surface area contributed by atoms with E-state index in [4.69, 9.17) is 4.74 Å². The van der Waals surface area contributed by atoms with Crippen LogP contribution in [0, 0.1) is 5.41 Å². The third-order valence-corrected chi connectivity index (χ3v) is 6.31. The van der Waals surface area contributed by atoms with E-state index in [1.165, 1.54) is 10.4 Å². The van der Waals surface area contributed by atoms with Gasteiger partial charge in [-0.25, -0.2) is 8.42 Å². The molecule has 0 aromatic heterocycles. The molecule has 1 atom stereocenters. The van der Waals surface area contributed by atoms with Crippen LogP contribution in [-0.2, 0) is 21.2 Å².